The summed E-state index contributed by atoms with van der Waals surface area (Å²) in [6.07, 6.45) is 3.21. The molecule has 0 aromatic carbocycles. The molecule has 0 aliphatic carbocycles. The third kappa shape index (κ3) is 4.77. The van der Waals surface area contributed by atoms with Crippen LogP contribution in [0.3, 0.4) is 0 Å². The van der Waals surface area contributed by atoms with Gasteiger partial charge in [-0.15, -0.1) is 0 Å². The van der Waals surface area contributed by atoms with Crippen molar-refractivity contribution >= 4 is 33.6 Å². The predicted octanol–water partition coefficient (Wildman–Crippen LogP) is 2.76. The number of hydrogen-bond acceptors (Lipinski definition) is 2. The summed E-state index contributed by atoms with van der Waals surface area (Å²) < 4.78 is 0. The summed E-state index contributed by atoms with van der Waals surface area (Å²) >= 11 is 5.40. The highest BCUT2D eigenvalue weighted by atomic mass is 79.9. The Labute approximate surface area is 105 Å². The highest BCUT2D eigenvalue weighted by molar-refractivity contribution is 9.09. The third-order valence-corrected chi connectivity index (χ3v) is 4.30. The molecule has 88 valence electrons. The second-order valence-electron chi connectivity index (χ2n) is 3.92. The van der Waals surface area contributed by atoms with Gasteiger partial charge >= 0.3 is 0 Å². The van der Waals surface area contributed by atoms with Crippen molar-refractivity contribution in [1.29, 1.82) is 0 Å². The van der Waals surface area contributed by atoms with Gasteiger partial charge in [0.2, 0.25) is 5.91 Å². The molecule has 0 atom stereocenters. The number of nitrogens with zero attached hydrogens (tertiary/aromatic N) is 1. The lowest BCUT2D eigenvalue weighted by Gasteiger charge is -2.25. The fourth-order valence-electron chi connectivity index (χ4n) is 1.89. The molecule has 1 heterocycles. The van der Waals surface area contributed by atoms with E-state index in [1.54, 1.807) is 0 Å². The van der Waals surface area contributed by atoms with Gasteiger partial charge in [-0.05, 0) is 37.2 Å². The van der Waals surface area contributed by atoms with Crippen molar-refractivity contribution in [1.82, 2.24) is 4.90 Å². The molecule has 1 aliphatic rings. The molecule has 1 aliphatic heterocycles. The van der Waals surface area contributed by atoms with Crippen LogP contribution in [-0.4, -0.2) is 40.7 Å². The minimum absolute atomic E-state index is 0.342. The normalized spacial score (nSPS) is 17.7. The zero-order valence-corrected chi connectivity index (χ0v) is 11.8. The van der Waals surface area contributed by atoms with Crippen LogP contribution in [0, 0.1) is 5.92 Å². The molecule has 1 rings (SSSR count). The number of alkyl halides is 1. The minimum atomic E-state index is 0.342. The van der Waals surface area contributed by atoms with E-state index in [1.807, 2.05) is 16.7 Å². The van der Waals surface area contributed by atoms with Crippen LogP contribution in [0.4, 0.5) is 0 Å². The summed E-state index contributed by atoms with van der Waals surface area (Å²) in [5, 5.41) is 0.882. The first-order chi connectivity index (χ1) is 7.27. The fourth-order valence-corrected chi connectivity index (χ4v) is 3.52. The molecule has 1 saturated heterocycles. The molecule has 4 heteroatoms. The molecule has 0 saturated carbocycles. The maximum atomic E-state index is 11.9. The van der Waals surface area contributed by atoms with E-state index in [2.05, 4.69) is 22.9 Å². The Kier molecular flexibility index (Phi) is 6.73. The van der Waals surface area contributed by atoms with E-state index in [0.29, 0.717) is 11.8 Å². The van der Waals surface area contributed by atoms with Gasteiger partial charge in [0.25, 0.3) is 0 Å². The van der Waals surface area contributed by atoms with Crippen LogP contribution in [0.15, 0.2) is 0 Å². The summed E-state index contributed by atoms with van der Waals surface area (Å²) in [5.74, 6) is 3.46. The second kappa shape index (κ2) is 7.55. The first-order valence-corrected chi connectivity index (χ1v) is 7.97. The van der Waals surface area contributed by atoms with Crippen molar-refractivity contribution in [2.75, 3.05) is 29.9 Å². The highest BCUT2D eigenvalue weighted by Gasteiger charge is 2.19. The molecule has 1 amide bonds. The van der Waals surface area contributed by atoms with Crippen LogP contribution in [0.2, 0.25) is 0 Å². The Morgan fingerprint density at radius 2 is 2.13 bits per heavy atom. The minimum Gasteiger partial charge on any atom is -0.342 e. The van der Waals surface area contributed by atoms with Crippen molar-refractivity contribution < 1.29 is 4.79 Å². The zero-order chi connectivity index (χ0) is 11.1. The molecule has 0 bridgehead atoms. The average Bonchev–Trinajstić information content (AvgIpc) is 2.27. The van der Waals surface area contributed by atoms with Crippen molar-refractivity contribution in [2.45, 2.75) is 26.2 Å². The van der Waals surface area contributed by atoms with E-state index in [4.69, 9.17) is 0 Å². The van der Waals surface area contributed by atoms with Gasteiger partial charge in [0.05, 0.1) is 0 Å². The van der Waals surface area contributed by atoms with Gasteiger partial charge in [-0.25, -0.2) is 0 Å². The topological polar surface area (TPSA) is 20.3 Å². The molecule has 0 unspecified atom stereocenters. The molecule has 1 fully saturated rings. The highest BCUT2D eigenvalue weighted by Crippen LogP contribution is 2.25. The lowest BCUT2D eigenvalue weighted by molar-refractivity contribution is -0.131. The first kappa shape index (κ1) is 13.4. The maximum Gasteiger partial charge on any atom is 0.222 e. The quantitative estimate of drug-likeness (QED) is 0.727. The summed E-state index contributed by atoms with van der Waals surface area (Å²) in [6.45, 7) is 3.74. The molecule has 15 heavy (non-hydrogen) atoms. The van der Waals surface area contributed by atoms with Crippen molar-refractivity contribution in [3.8, 4) is 0 Å². The molecular formula is C11H20BrNOS. The van der Waals surface area contributed by atoms with Gasteiger partial charge in [-0.3, -0.25) is 4.79 Å². The number of thioether (sulfide) groups is 1. The molecule has 0 aromatic heterocycles. The van der Waals surface area contributed by atoms with Crippen LogP contribution in [0.25, 0.3) is 0 Å². The lowest BCUT2D eigenvalue weighted by atomic mass is 9.98. The Morgan fingerprint density at radius 1 is 1.47 bits per heavy atom. The van der Waals surface area contributed by atoms with Crippen molar-refractivity contribution in [2.24, 2.45) is 5.92 Å². The van der Waals surface area contributed by atoms with Crippen molar-refractivity contribution in [3.05, 3.63) is 0 Å². The zero-order valence-electron chi connectivity index (χ0n) is 9.38. The van der Waals surface area contributed by atoms with Crippen LogP contribution >= 0.6 is 27.7 Å². The van der Waals surface area contributed by atoms with Gasteiger partial charge in [0.15, 0.2) is 0 Å². The van der Waals surface area contributed by atoms with E-state index < -0.39 is 0 Å². The number of carbonyl (C=O) groups is 1. The van der Waals surface area contributed by atoms with E-state index >= 15 is 0 Å². The number of halogens is 1. The summed E-state index contributed by atoms with van der Waals surface area (Å²) in [6, 6.07) is 0. The second-order valence-corrected chi connectivity index (χ2v) is 5.94. The third-order valence-electron chi connectivity index (χ3n) is 2.89. The molecule has 0 aromatic rings. The molecular weight excluding hydrogens is 274 g/mol. The standard InChI is InChI=1S/C11H20BrNOS/c1-2-13(6-5-12)11(14)9-10-3-7-15-8-4-10/h10H,2-9H2,1H3. The van der Waals surface area contributed by atoms with Gasteiger partial charge < -0.3 is 4.90 Å². The molecule has 0 spiro atoms. The maximum absolute atomic E-state index is 11.9. The van der Waals surface area contributed by atoms with Gasteiger partial charge in [-0.1, -0.05) is 15.9 Å². The van der Waals surface area contributed by atoms with Crippen LogP contribution < -0.4 is 0 Å². The summed E-state index contributed by atoms with van der Waals surface area (Å²) in [7, 11) is 0. The SMILES string of the molecule is CCN(CCBr)C(=O)CC1CCSCC1. The first-order valence-electron chi connectivity index (χ1n) is 5.69. The van der Waals surface area contributed by atoms with E-state index in [9.17, 15) is 4.79 Å². The van der Waals surface area contributed by atoms with Crippen LogP contribution in [0.1, 0.15) is 26.2 Å². The largest absolute Gasteiger partial charge is 0.342 e. The summed E-state index contributed by atoms with van der Waals surface area (Å²) in [4.78, 5) is 13.9. The monoisotopic (exact) mass is 293 g/mol. The number of hydrogen-bond donors (Lipinski definition) is 0. The van der Waals surface area contributed by atoms with E-state index in [-0.39, 0.29) is 0 Å². The Hall–Kier alpha value is 0.300. The van der Waals surface area contributed by atoms with Crippen molar-refractivity contribution in [3.63, 3.8) is 0 Å². The Bertz CT molecular complexity index is 195. The molecule has 0 radical (unpaired) electrons. The van der Waals surface area contributed by atoms with Gasteiger partial charge in [0.1, 0.15) is 0 Å². The smallest absolute Gasteiger partial charge is 0.222 e. The van der Waals surface area contributed by atoms with Gasteiger partial charge in [0, 0.05) is 24.8 Å². The Morgan fingerprint density at radius 3 is 2.67 bits per heavy atom. The molecule has 2 nitrogen and oxygen atoms in total. The fraction of sp³-hybridized carbons (Fsp3) is 0.909. The Balaban J connectivity index is 2.31. The van der Waals surface area contributed by atoms with Crippen LogP contribution in [-0.2, 0) is 4.79 Å². The van der Waals surface area contributed by atoms with Gasteiger partial charge in [-0.2, -0.15) is 11.8 Å². The predicted molar refractivity (Wildman–Crippen MR) is 70.7 cm³/mol. The number of rotatable bonds is 5. The summed E-state index contributed by atoms with van der Waals surface area (Å²) in [5.41, 5.74) is 0. The number of carbonyl (C=O) groups excluding carboxylic acids is 1. The van der Waals surface area contributed by atoms with E-state index in [1.165, 1.54) is 24.3 Å². The van der Waals surface area contributed by atoms with E-state index in [0.717, 1.165) is 24.8 Å². The van der Waals surface area contributed by atoms with Crippen LogP contribution in [0.5, 0.6) is 0 Å². The number of amides is 1. The lowest BCUT2D eigenvalue weighted by Crippen LogP contribution is -2.34. The average molecular weight is 294 g/mol. The molecule has 0 N–H and O–H groups in total.